The van der Waals surface area contributed by atoms with E-state index in [9.17, 15) is 4.79 Å². The van der Waals surface area contributed by atoms with Crippen LogP contribution in [0.5, 0.6) is 0 Å². The molecule has 0 unspecified atom stereocenters. The molecule has 0 aliphatic heterocycles. The molecule has 20 heavy (non-hydrogen) atoms. The number of nitrogens with zero attached hydrogens (tertiary/aromatic N) is 1. The predicted molar refractivity (Wildman–Crippen MR) is 82.3 cm³/mol. The van der Waals surface area contributed by atoms with Crippen LogP contribution in [0.3, 0.4) is 0 Å². The maximum Gasteiger partial charge on any atom is 0.332 e. The normalized spacial score (nSPS) is 10.9. The third-order valence-corrected chi connectivity index (χ3v) is 4.17. The van der Waals surface area contributed by atoms with Gasteiger partial charge in [0.2, 0.25) is 0 Å². The number of benzene rings is 1. The summed E-state index contributed by atoms with van der Waals surface area (Å²) in [6.45, 7) is 0. The number of nitrogens with one attached hydrogen (secondary N) is 1. The van der Waals surface area contributed by atoms with E-state index in [1.165, 1.54) is 18.0 Å². The van der Waals surface area contributed by atoms with E-state index in [4.69, 9.17) is 21.8 Å². The van der Waals surface area contributed by atoms with Gasteiger partial charge in [-0.15, -0.1) is 0 Å². The zero-order valence-electron chi connectivity index (χ0n) is 9.97. The zero-order valence-corrected chi connectivity index (χ0v) is 13.1. The van der Waals surface area contributed by atoms with Crippen LogP contribution in [0, 0.1) is 0 Å². The molecular weight excluding hydrogens is 366 g/mol. The lowest BCUT2D eigenvalue weighted by molar-refractivity contribution is 0.249. The Morgan fingerprint density at radius 1 is 1.45 bits per heavy atom. The highest BCUT2D eigenvalue weighted by atomic mass is 79.9. The minimum Gasteiger partial charge on any atom is -0.447 e. The molecule has 0 fully saturated rings. The summed E-state index contributed by atoms with van der Waals surface area (Å²) in [6.07, 6.45) is 1.36. The van der Waals surface area contributed by atoms with Crippen molar-refractivity contribution in [1.82, 2.24) is 5.43 Å². The van der Waals surface area contributed by atoms with Crippen LogP contribution in [0.2, 0.25) is 5.02 Å². The quantitative estimate of drug-likeness (QED) is 0.630. The van der Waals surface area contributed by atoms with Crippen molar-refractivity contribution < 1.29 is 9.21 Å². The number of hydrazone groups is 1. The number of furan rings is 1. The number of urea groups is 1. The molecule has 0 aliphatic rings. The molecule has 2 aromatic rings. The van der Waals surface area contributed by atoms with E-state index < -0.39 is 6.03 Å². The average molecular weight is 375 g/mol. The molecule has 2 rings (SSSR count). The van der Waals surface area contributed by atoms with Gasteiger partial charge in [0, 0.05) is 16.0 Å². The number of amides is 2. The lowest BCUT2D eigenvalue weighted by Crippen LogP contribution is -2.24. The summed E-state index contributed by atoms with van der Waals surface area (Å²) in [6, 6.07) is 8.40. The first-order chi connectivity index (χ1) is 9.54. The smallest absolute Gasteiger partial charge is 0.332 e. The van der Waals surface area contributed by atoms with Crippen LogP contribution in [0.4, 0.5) is 4.79 Å². The van der Waals surface area contributed by atoms with Crippen LogP contribution in [0.1, 0.15) is 5.76 Å². The Morgan fingerprint density at radius 2 is 2.15 bits per heavy atom. The first-order valence-corrected chi connectivity index (χ1v) is 7.34. The molecule has 0 spiro atoms. The van der Waals surface area contributed by atoms with Gasteiger partial charge in [-0.05, 0) is 40.2 Å². The van der Waals surface area contributed by atoms with Gasteiger partial charge in [0.15, 0.2) is 5.09 Å². The number of hydrogen-bond donors (Lipinski definition) is 2. The molecule has 8 heteroatoms. The molecule has 0 saturated carbocycles. The fourth-order valence-corrected chi connectivity index (χ4v) is 2.73. The first kappa shape index (κ1) is 15.0. The summed E-state index contributed by atoms with van der Waals surface area (Å²) < 4.78 is 6.36. The minimum atomic E-state index is -0.734. The molecule has 1 aromatic carbocycles. The van der Waals surface area contributed by atoms with E-state index in [2.05, 4.69) is 26.5 Å². The van der Waals surface area contributed by atoms with Gasteiger partial charge >= 0.3 is 6.03 Å². The van der Waals surface area contributed by atoms with Gasteiger partial charge in [0.25, 0.3) is 0 Å². The van der Waals surface area contributed by atoms with E-state index in [1.807, 2.05) is 12.1 Å². The molecule has 0 saturated heterocycles. The maximum absolute atomic E-state index is 10.5. The molecule has 104 valence electrons. The number of halogens is 2. The molecular formula is C12H9BrClN3O2S. The second-order valence-electron chi connectivity index (χ2n) is 3.57. The van der Waals surface area contributed by atoms with Crippen LogP contribution in [-0.2, 0) is 0 Å². The summed E-state index contributed by atoms with van der Waals surface area (Å²) in [7, 11) is 0. The number of hydrogen-bond acceptors (Lipinski definition) is 4. The largest absolute Gasteiger partial charge is 0.447 e. The lowest BCUT2D eigenvalue weighted by atomic mass is 10.4. The van der Waals surface area contributed by atoms with Crippen LogP contribution >= 0.6 is 39.3 Å². The highest BCUT2D eigenvalue weighted by molar-refractivity contribution is 9.10. The van der Waals surface area contributed by atoms with Gasteiger partial charge in [-0.25, -0.2) is 10.2 Å². The van der Waals surface area contributed by atoms with Gasteiger partial charge in [-0.3, -0.25) is 0 Å². The Balaban J connectivity index is 2.09. The molecule has 0 bridgehead atoms. The predicted octanol–water partition coefficient (Wildman–Crippen LogP) is 3.85. The van der Waals surface area contributed by atoms with Crippen molar-refractivity contribution in [3.05, 3.63) is 45.6 Å². The Hall–Kier alpha value is -1.44. The average Bonchev–Trinajstić information content (AvgIpc) is 2.72. The molecule has 5 nitrogen and oxygen atoms in total. The second kappa shape index (κ2) is 6.83. The van der Waals surface area contributed by atoms with Gasteiger partial charge in [-0.1, -0.05) is 23.4 Å². The second-order valence-corrected chi connectivity index (χ2v) is 5.91. The molecule has 1 heterocycles. The summed E-state index contributed by atoms with van der Waals surface area (Å²) in [5.41, 5.74) is 6.98. The summed E-state index contributed by atoms with van der Waals surface area (Å²) in [4.78, 5) is 11.5. The van der Waals surface area contributed by atoms with E-state index in [0.29, 0.717) is 15.9 Å². The van der Waals surface area contributed by atoms with E-state index >= 15 is 0 Å². The zero-order chi connectivity index (χ0) is 14.5. The third kappa shape index (κ3) is 4.29. The minimum absolute atomic E-state index is 0.488. The summed E-state index contributed by atoms with van der Waals surface area (Å²) in [5.74, 6) is 0.488. The van der Waals surface area contributed by atoms with Crippen molar-refractivity contribution in [3.63, 3.8) is 0 Å². The molecule has 2 amide bonds. The number of carbonyl (C=O) groups excluding carboxylic acids is 1. The van der Waals surface area contributed by atoms with Gasteiger partial charge in [0.1, 0.15) is 5.76 Å². The van der Waals surface area contributed by atoms with Crippen molar-refractivity contribution in [2.24, 2.45) is 10.8 Å². The standard InChI is InChI=1S/C12H9BrClN3O2S/c13-10-5-8(6-16-17-12(15)18)19-11(10)20-9-3-1-7(14)2-4-9/h1-6H,(H3,15,17,18)/b16-6+. The van der Waals surface area contributed by atoms with Crippen molar-refractivity contribution in [3.8, 4) is 0 Å². The van der Waals surface area contributed by atoms with Crippen LogP contribution in [0.25, 0.3) is 0 Å². The molecule has 0 radical (unpaired) electrons. The molecule has 1 aromatic heterocycles. The van der Waals surface area contributed by atoms with Crippen molar-refractivity contribution >= 4 is 51.5 Å². The molecule has 0 atom stereocenters. The SMILES string of the molecule is NC(=O)N/N=C/c1cc(Br)c(Sc2ccc(Cl)cc2)o1. The fraction of sp³-hybridized carbons (Fsp3) is 0. The van der Waals surface area contributed by atoms with E-state index in [0.717, 1.165) is 9.37 Å². The number of nitrogens with two attached hydrogens (primary N) is 1. The van der Waals surface area contributed by atoms with Gasteiger partial charge < -0.3 is 10.2 Å². The topological polar surface area (TPSA) is 80.6 Å². The van der Waals surface area contributed by atoms with Crippen LogP contribution in [0.15, 0.2) is 54.3 Å². The Kier molecular flexibility index (Phi) is 5.11. The Morgan fingerprint density at radius 3 is 2.80 bits per heavy atom. The summed E-state index contributed by atoms with van der Waals surface area (Å²) >= 11 is 10.7. The molecule has 3 N–H and O–H groups in total. The number of rotatable bonds is 4. The van der Waals surface area contributed by atoms with Crippen molar-refractivity contribution in [2.75, 3.05) is 0 Å². The molecule has 0 aliphatic carbocycles. The monoisotopic (exact) mass is 373 g/mol. The van der Waals surface area contributed by atoms with Crippen LogP contribution in [-0.4, -0.2) is 12.2 Å². The highest BCUT2D eigenvalue weighted by Gasteiger charge is 2.09. The first-order valence-electron chi connectivity index (χ1n) is 5.36. The third-order valence-electron chi connectivity index (χ3n) is 2.07. The van der Waals surface area contributed by atoms with Crippen LogP contribution < -0.4 is 11.2 Å². The number of primary amides is 1. The van der Waals surface area contributed by atoms with E-state index in [1.54, 1.807) is 18.2 Å². The van der Waals surface area contributed by atoms with Gasteiger partial charge in [0.05, 0.1) is 10.7 Å². The lowest BCUT2D eigenvalue weighted by Gasteiger charge is -1.98. The van der Waals surface area contributed by atoms with E-state index in [-0.39, 0.29) is 0 Å². The Bertz CT molecular complexity index is 643. The van der Waals surface area contributed by atoms with Gasteiger partial charge in [-0.2, -0.15) is 5.10 Å². The van der Waals surface area contributed by atoms with Crippen molar-refractivity contribution in [1.29, 1.82) is 0 Å². The fourth-order valence-electron chi connectivity index (χ4n) is 1.27. The number of carbonyl (C=O) groups is 1. The summed E-state index contributed by atoms with van der Waals surface area (Å²) in [5, 5.41) is 4.98. The maximum atomic E-state index is 10.5. The highest BCUT2D eigenvalue weighted by Crippen LogP contribution is 2.35. The van der Waals surface area contributed by atoms with Crippen molar-refractivity contribution in [2.45, 2.75) is 9.99 Å². The Labute approximate surface area is 132 Å².